The van der Waals surface area contributed by atoms with Crippen molar-refractivity contribution in [2.24, 2.45) is 7.05 Å². The minimum atomic E-state index is 0.793. The summed E-state index contributed by atoms with van der Waals surface area (Å²) >= 11 is 1.61. The molecule has 0 spiro atoms. The molecular formula is C15H20N6S. The third kappa shape index (κ3) is 2.31. The van der Waals surface area contributed by atoms with Gasteiger partial charge in [-0.05, 0) is 13.8 Å². The largest absolute Gasteiger partial charge is 0.371 e. The number of thiazole rings is 1. The molecule has 1 N–H and O–H groups in total. The lowest BCUT2D eigenvalue weighted by atomic mass is 10.3. The minimum absolute atomic E-state index is 0.793. The Balaban J connectivity index is 2.22. The Hall–Kier alpha value is -2.15. The van der Waals surface area contributed by atoms with E-state index in [4.69, 9.17) is 4.98 Å². The highest BCUT2D eigenvalue weighted by Gasteiger charge is 2.18. The average Bonchev–Trinajstić information content (AvgIpc) is 3.07. The van der Waals surface area contributed by atoms with Gasteiger partial charge in [0.05, 0.1) is 6.33 Å². The quantitative estimate of drug-likeness (QED) is 0.733. The van der Waals surface area contributed by atoms with Crippen LogP contribution in [0.2, 0.25) is 0 Å². The van der Waals surface area contributed by atoms with Crippen LogP contribution in [0.3, 0.4) is 0 Å². The van der Waals surface area contributed by atoms with Gasteiger partial charge in [-0.15, -0.1) is 0 Å². The summed E-state index contributed by atoms with van der Waals surface area (Å²) in [7, 11) is 3.85. The molecule has 0 atom stereocenters. The fourth-order valence-electron chi connectivity index (χ4n) is 2.52. The molecule has 0 aliphatic rings. The molecule has 22 heavy (non-hydrogen) atoms. The molecule has 0 aliphatic heterocycles. The van der Waals surface area contributed by atoms with Crippen LogP contribution >= 0.6 is 11.3 Å². The van der Waals surface area contributed by atoms with Crippen molar-refractivity contribution in [1.82, 2.24) is 19.5 Å². The Morgan fingerprint density at radius 3 is 2.82 bits per heavy atom. The first-order chi connectivity index (χ1) is 10.5. The van der Waals surface area contributed by atoms with E-state index in [0.717, 1.165) is 51.0 Å². The Morgan fingerprint density at radius 2 is 2.18 bits per heavy atom. The van der Waals surface area contributed by atoms with E-state index in [2.05, 4.69) is 33.7 Å². The normalized spacial score (nSPS) is 11.3. The van der Waals surface area contributed by atoms with Crippen LogP contribution in [0.25, 0.3) is 21.4 Å². The summed E-state index contributed by atoms with van der Waals surface area (Å²) < 4.78 is 2.00. The van der Waals surface area contributed by atoms with Gasteiger partial charge in [-0.1, -0.05) is 23.5 Å². The second-order valence-electron chi connectivity index (χ2n) is 5.38. The van der Waals surface area contributed by atoms with E-state index in [0.29, 0.717) is 0 Å². The maximum Gasteiger partial charge on any atom is 0.188 e. The van der Waals surface area contributed by atoms with Gasteiger partial charge in [0.2, 0.25) is 0 Å². The molecule has 116 valence electrons. The minimum Gasteiger partial charge on any atom is -0.371 e. The summed E-state index contributed by atoms with van der Waals surface area (Å²) in [4.78, 5) is 17.1. The summed E-state index contributed by atoms with van der Waals surface area (Å²) in [5.74, 6) is 0.793. The molecule has 7 heteroatoms. The van der Waals surface area contributed by atoms with Gasteiger partial charge in [0.1, 0.15) is 21.4 Å². The Kier molecular flexibility index (Phi) is 3.74. The van der Waals surface area contributed by atoms with Crippen molar-refractivity contribution in [3.8, 4) is 0 Å². The van der Waals surface area contributed by atoms with Crippen molar-refractivity contribution in [3.63, 3.8) is 0 Å². The summed E-state index contributed by atoms with van der Waals surface area (Å²) in [6, 6.07) is 0. The number of aromatic nitrogens is 4. The average molecular weight is 316 g/mol. The smallest absolute Gasteiger partial charge is 0.188 e. The molecule has 0 saturated carbocycles. The summed E-state index contributed by atoms with van der Waals surface area (Å²) in [6.07, 6.45) is 1.80. The first-order valence-electron chi connectivity index (χ1n) is 7.23. The van der Waals surface area contributed by atoms with Crippen molar-refractivity contribution in [2.75, 3.05) is 30.4 Å². The molecule has 0 aliphatic carbocycles. The second kappa shape index (κ2) is 5.57. The van der Waals surface area contributed by atoms with Crippen LogP contribution in [-0.4, -0.2) is 39.7 Å². The lowest BCUT2D eigenvalue weighted by Crippen LogP contribution is -2.24. The number of hydrogen-bond donors (Lipinski definition) is 1. The van der Waals surface area contributed by atoms with Gasteiger partial charge in [-0.2, -0.15) is 0 Å². The first-order valence-corrected chi connectivity index (χ1v) is 8.05. The van der Waals surface area contributed by atoms with Gasteiger partial charge in [-0.25, -0.2) is 15.0 Å². The summed E-state index contributed by atoms with van der Waals surface area (Å²) in [5, 5.41) is 4.10. The van der Waals surface area contributed by atoms with E-state index in [1.165, 1.54) is 0 Å². The van der Waals surface area contributed by atoms with Crippen LogP contribution in [0.4, 0.5) is 10.9 Å². The monoisotopic (exact) mass is 316 g/mol. The third-order valence-corrected chi connectivity index (χ3v) is 4.56. The van der Waals surface area contributed by atoms with Crippen molar-refractivity contribution in [1.29, 1.82) is 0 Å². The number of anilines is 2. The van der Waals surface area contributed by atoms with Crippen LogP contribution in [0.15, 0.2) is 18.5 Å². The van der Waals surface area contributed by atoms with Crippen molar-refractivity contribution in [2.45, 2.75) is 13.8 Å². The van der Waals surface area contributed by atoms with E-state index >= 15 is 0 Å². The van der Waals surface area contributed by atoms with Gasteiger partial charge in [-0.3, -0.25) is 0 Å². The Bertz CT molecular complexity index is 847. The standard InChI is InChI=1S/C15H20N6S/c1-6-21(7-9(2)3)15-18-11-12-10(17-8-20(12)5)13(16-4)19-14(11)22-15/h8H,2,6-7H2,1,3-5H3,(H,16,19). The predicted molar refractivity (Wildman–Crippen MR) is 93.9 cm³/mol. The van der Waals surface area contributed by atoms with Gasteiger partial charge in [0.25, 0.3) is 0 Å². The number of aryl methyl sites for hydroxylation is 1. The van der Waals surface area contributed by atoms with E-state index in [-0.39, 0.29) is 0 Å². The second-order valence-corrected chi connectivity index (χ2v) is 6.34. The molecule has 0 fully saturated rings. The zero-order valence-corrected chi connectivity index (χ0v) is 14.2. The Labute approximate surface area is 133 Å². The number of nitrogens with zero attached hydrogens (tertiary/aromatic N) is 5. The van der Waals surface area contributed by atoms with Crippen molar-refractivity contribution < 1.29 is 0 Å². The lowest BCUT2D eigenvalue weighted by molar-refractivity contribution is 0.875. The van der Waals surface area contributed by atoms with Crippen LogP contribution in [-0.2, 0) is 7.05 Å². The Morgan fingerprint density at radius 1 is 1.41 bits per heavy atom. The lowest BCUT2D eigenvalue weighted by Gasteiger charge is -2.19. The van der Waals surface area contributed by atoms with Crippen molar-refractivity contribution >= 4 is 43.7 Å². The predicted octanol–water partition coefficient (Wildman–Crippen LogP) is 3.02. The van der Waals surface area contributed by atoms with Gasteiger partial charge in [0.15, 0.2) is 10.9 Å². The van der Waals surface area contributed by atoms with E-state index < -0.39 is 0 Å². The molecule has 0 radical (unpaired) electrons. The van der Waals surface area contributed by atoms with E-state index in [1.807, 2.05) is 25.6 Å². The number of pyridine rings is 1. The number of rotatable bonds is 5. The SMILES string of the molecule is C=C(C)CN(CC)c1nc2c(nc(NC)c3ncn(C)c32)s1. The third-order valence-electron chi connectivity index (χ3n) is 3.55. The molecule has 6 nitrogen and oxygen atoms in total. The zero-order valence-electron chi connectivity index (χ0n) is 13.3. The molecule has 3 aromatic rings. The summed E-state index contributed by atoms with van der Waals surface area (Å²) in [5.41, 5.74) is 3.91. The van der Waals surface area contributed by atoms with Gasteiger partial charge in [0, 0.05) is 27.2 Å². The molecule has 0 saturated heterocycles. The molecular weight excluding hydrogens is 296 g/mol. The number of nitrogens with one attached hydrogen (secondary N) is 1. The highest BCUT2D eigenvalue weighted by molar-refractivity contribution is 7.22. The van der Waals surface area contributed by atoms with E-state index in [1.54, 1.807) is 17.7 Å². The highest BCUT2D eigenvalue weighted by Crippen LogP contribution is 2.34. The zero-order chi connectivity index (χ0) is 15.9. The highest BCUT2D eigenvalue weighted by atomic mass is 32.1. The van der Waals surface area contributed by atoms with Gasteiger partial charge >= 0.3 is 0 Å². The molecule has 3 heterocycles. The molecule has 0 amide bonds. The number of likely N-dealkylation sites (N-methyl/N-ethyl adjacent to an activating group) is 1. The van der Waals surface area contributed by atoms with E-state index in [9.17, 15) is 0 Å². The maximum absolute atomic E-state index is 4.83. The van der Waals surface area contributed by atoms with Crippen LogP contribution in [0, 0.1) is 0 Å². The molecule has 3 aromatic heterocycles. The number of hydrogen-bond acceptors (Lipinski definition) is 6. The number of imidazole rings is 1. The molecule has 0 bridgehead atoms. The molecule has 3 rings (SSSR count). The fourth-order valence-corrected chi connectivity index (χ4v) is 3.53. The van der Waals surface area contributed by atoms with Crippen LogP contribution < -0.4 is 10.2 Å². The molecule has 0 unspecified atom stereocenters. The van der Waals surface area contributed by atoms with Gasteiger partial charge < -0.3 is 14.8 Å². The summed E-state index contributed by atoms with van der Waals surface area (Å²) in [6.45, 7) is 9.86. The van der Waals surface area contributed by atoms with Crippen LogP contribution in [0.5, 0.6) is 0 Å². The van der Waals surface area contributed by atoms with Crippen molar-refractivity contribution in [3.05, 3.63) is 18.5 Å². The first kappa shape index (κ1) is 14.8. The topological polar surface area (TPSA) is 58.9 Å². The molecule has 0 aromatic carbocycles. The fraction of sp³-hybridized carbons (Fsp3) is 0.400. The maximum atomic E-state index is 4.83. The number of fused-ring (bicyclic) bond motifs is 3. The van der Waals surface area contributed by atoms with Crippen LogP contribution in [0.1, 0.15) is 13.8 Å².